The van der Waals surface area contributed by atoms with Gasteiger partial charge in [-0.2, -0.15) is 0 Å². The number of Topliss-reactive ketones (excluding diaryl/α,β-unsaturated/α-hetero) is 1. The topological polar surface area (TPSA) is 61.8 Å². The average Bonchev–Trinajstić information content (AvgIpc) is 2.69. The van der Waals surface area contributed by atoms with Crippen LogP contribution in [0.3, 0.4) is 0 Å². The second-order valence-corrected chi connectivity index (χ2v) is 7.56. The van der Waals surface area contributed by atoms with Crippen molar-refractivity contribution in [2.24, 2.45) is 0 Å². The molecule has 0 heterocycles. The number of benzene rings is 2. The van der Waals surface area contributed by atoms with Gasteiger partial charge in [0.1, 0.15) is 0 Å². The van der Waals surface area contributed by atoms with Gasteiger partial charge >= 0.3 is 5.97 Å². The Labute approximate surface area is 166 Å². The molecule has 0 aliphatic rings. The van der Waals surface area contributed by atoms with E-state index in [0.717, 1.165) is 11.1 Å². The van der Waals surface area contributed by atoms with Gasteiger partial charge in [0.05, 0.1) is 14.2 Å². The van der Waals surface area contributed by atoms with E-state index in [1.807, 2.05) is 24.3 Å². The molecule has 0 aliphatic carbocycles. The van der Waals surface area contributed by atoms with Crippen molar-refractivity contribution >= 4 is 11.8 Å². The van der Waals surface area contributed by atoms with Gasteiger partial charge in [0.25, 0.3) is 0 Å². The summed E-state index contributed by atoms with van der Waals surface area (Å²) < 4.78 is 15.8. The van der Waals surface area contributed by atoms with E-state index in [2.05, 4.69) is 20.8 Å². The highest BCUT2D eigenvalue weighted by Crippen LogP contribution is 2.31. The first-order valence-electron chi connectivity index (χ1n) is 9.25. The van der Waals surface area contributed by atoms with Crippen LogP contribution in [0.25, 0.3) is 0 Å². The first-order chi connectivity index (χ1) is 13.3. The summed E-state index contributed by atoms with van der Waals surface area (Å²) in [5.41, 5.74) is 2.56. The molecule has 0 aliphatic heterocycles. The summed E-state index contributed by atoms with van der Waals surface area (Å²) in [5.74, 6) is 0.576. The fourth-order valence-corrected chi connectivity index (χ4v) is 2.84. The summed E-state index contributed by atoms with van der Waals surface area (Å²) in [5, 5.41) is 0. The van der Waals surface area contributed by atoms with Crippen molar-refractivity contribution in [3.63, 3.8) is 0 Å². The molecular weight excluding hydrogens is 356 g/mol. The second-order valence-electron chi connectivity index (χ2n) is 7.56. The summed E-state index contributed by atoms with van der Waals surface area (Å²) in [6, 6.07) is 12.9. The van der Waals surface area contributed by atoms with E-state index in [1.54, 1.807) is 32.4 Å². The predicted molar refractivity (Wildman–Crippen MR) is 108 cm³/mol. The molecule has 2 aromatic carbocycles. The molecule has 0 saturated heterocycles. The van der Waals surface area contributed by atoms with Crippen LogP contribution in [0.1, 0.15) is 48.7 Å². The Morgan fingerprint density at radius 1 is 0.929 bits per heavy atom. The Morgan fingerprint density at radius 3 is 2.18 bits per heavy atom. The van der Waals surface area contributed by atoms with Crippen LogP contribution in [-0.4, -0.2) is 32.6 Å². The van der Waals surface area contributed by atoms with Crippen LogP contribution in [0.2, 0.25) is 0 Å². The highest BCUT2D eigenvalue weighted by Gasteiger charge is 2.16. The van der Waals surface area contributed by atoms with Crippen LogP contribution in [0.15, 0.2) is 42.5 Å². The first-order valence-corrected chi connectivity index (χ1v) is 9.25. The third-order valence-corrected chi connectivity index (χ3v) is 4.52. The lowest BCUT2D eigenvalue weighted by molar-refractivity contribution is -0.142. The van der Waals surface area contributed by atoms with Crippen molar-refractivity contribution in [3.05, 3.63) is 59.2 Å². The highest BCUT2D eigenvalue weighted by molar-refractivity contribution is 5.98. The van der Waals surface area contributed by atoms with E-state index >= 15 is 0 Å². The number of hydrogen-bond donors (Lipinski definition) is 0. The van der Waals surface area contributed by atoms with Gasteiger partial charge < -0.3 is 14.2 Å². The maximum Gasteiger partial charge on any atom is 0.306 e. The molecule has 0 unspecified atom stereocenters. The lowest BCUT2D eigenvalue weighted by Crippen LogP contribution is -2.15. The molecule has 2 rings (SSSR count). The average molecular weight is 384 g/mol. The minimum absolute atomic E-state index is 0.0230. The molecule has 0 amide bonds. The van der Waals surface area contributed by atoms with E-state index in [4.69, 9.17) is 14.2 Å². The van der Waals surface area contributed by atoms with Gasteiger partial charge in [0.2, 0.25) is 0 Å². The number of ketones is 1. The van der Waals surface area contributed by atoms with E-state index in [-0.39, 0.29) is 24.2 Å². The van der Waals surface area contributed by atoms with Gasteiger partial charge in [-0.15, -0.1) is 0 Å². The number of para-hydroxylation sites is 1. The van der Waals surface area contributed by atoms with E-state index < -0.39 is 5.97 Å². The fraction of sp³-hybridized carbons (Fsp3) is 0.391. The van der Waals surface area contributed by atoms with Crippen molar-refractivity contribution in [2.75, 3.05) is 20.8 Å². The summed E-state index contributed by atoms with van der Waals surface area (Å²) >= 11 is 0. The quantitative estimate of drug-likeness (QED) is 0.500. The van der Waals surface area contributed by atoms with E-state index in [9.17, 15) is 9.59 Å². The predicted octanol–water partition coefficient (Wildman–Crippen LogP) is 4.36. The Balaban J connectivity index is 1.88. The third-order valence-electron chi connectivity index (χ3n) is 4.52. The highest BCUT2D eigenvalue weighted by atomic mass is 16.5. The minimum Gasteiger partial charge on any atom is -0.493 e. The molecule has 0 spiro atoms. The molecule has 0 fully saturated rings. The number of rotatable bonds is 8. The van der Waals surface area contributed by atoms with Crippen LogP contribution < -0.4 is 9.47 Å². The van der Waals surface area contributed by atoms with Crippen LogP contribution in [0, 0.1) is 0 Å². The van der Waals surface area contributed by atoms with Crippen molar-refractivity contribution in [1.29, 1.82) is 0 Å². The van der Waals surface area contributed by atoms with Gasteiger partial charge in [0.15, 0.2) is 23.9 Å². The molecule has 2 aromatic rings. The molecule has 0 aromatic heterocycles. The third kappa shape index (κ3) is 5.59. The maximum absolute atomic E-state index is 12.3. The minimum atomic E-state index is -0.426. The van der Waals surface area contributed by atoms with Gasteiger partial charge in [-0.25, -0.2) is 0 Å². The summed E-state index contributed by atoms with van der Waals surface area (Å²) in [6.45, 7) is 6.08. The smallest absolute Gasteiger partial charge is 0.306 e. The maximum atomic E-state index is 12.3. The summed E-state index contributed by atoms with van der Waals surface area (Å²) in [7, 11) is 3.12. The number of carbonyl (C=O) groups excluding carboxylic acids is 2. The lowest BCUT2D eigenvalue weighted by atomic mass is 9.86. The van der Waals surface area contributed by atoms with Crippen LogP contribution in [0.4, 0.5) is 0 Å². The lowest BCUT2D eigenvalue weighted by Gasteiger charge is -2.18. The second kappa shape index (κ2) is 9.40. The standard InChI is InChI=1S/C23H28O5/c1-23(2,3)18-12-9-16(10-13-18)19(24)15-28-21(25)14-11-17-7-6-8-20(26-4)22(17)27-5/h6-10,12-13H,11,14-15H2,1-5H3. The zero-order valence-electron chi connectivity index (χ0n) is 17.2. The van der Waals surface area contributed by atoms with Gasteiger partial charge in [-0.1, -0.05) is 57.2 Å². The number of methoxy groups -OCH3 is 2. The Hall–Kier alpha value is -2.82. The number of esters is 1. The zero-order valence-corrected chi connectivity index (χ0v) is 17.2. The Kier molecular flexibility index (Phi) is 7.21. The molecule has 150 valence electrons. The number of ether oxygens (including phenoxy) is 3. The van der Waals surface area contributed by atoms with Crippen molar-refractivity contribution in [2.45, 2.75) is 39.0 Å². The molecule has 28 heavy (non-hydrogen) atoms. The largest absolute Gasteiger partial charge is 0.493 e. The molecule has 0 radical (unpaired) electrons. The van der Waals surface area contributed by atoms with Crippen molar-refractivity contribution in [3.8, 4) is 11.5 Å². The summed E-state index contributed by atoms with van der Waals surface area (Å²) in [4.78, 5) is 24.3. The molecule has 0 N–H and O–H groups in total. The van der Waals surface area contributed by atoms with Crippen LogP contribution in [0.5, 0.6) is 11.5 Å². The fourth-order valence-electron chi connectivity index (χ4n) is 2.84. The van der Waals surface area contributed by atoms with Crippen LogP contribution in [-0.2, 0) is 21.4 Å². The first kappa shape index (κ1) is 21.5. The number of hydrogen-bond acceptors (Lipinski definition) is 5. The van der Waals surface area contributed by atoms with Crippen LogP contribution >= 0.6 is 0 Å². The monoisotopic (exact) mass is 384 g/mol. The molecule has 5 nitrogen and oxygen atoms in total. The van der Waals surface area contributed by atoms with Gasteiger partial charge in [0, 0.05) is 12.0 Å². The Morgan fingerprint density at radius 2 is 1.61 bits per heavy atom. The SMILES string of the molecule is COc1cccc(CCC(=O)OCC(=O)c2ccc(C(C)(C)C)cc2)c1OC. The number of carbonyl (C=O) groups is 2. The van der Waals surface area contributed by atoms with Gasteiger partial charge in [-0.3, -0.25) is 9.59 Å². The van der Waals surface area contributed by atoms with Crippen molar-refractivity contribution in [1.82, 2.24) is 0 Å². The molecule has 0 bridgehead atoms. The molecular formula is C23H28O5. The zero-order chi connectivity index (χ0) is 20.7. The van der Waals surface area contributed by atoms with Crippen molar-refractivity contribution < 1.29 is 23.8 Å². The molecule has 0 saturated carbocycles. The van der Waals surface area contributed by atoms with E-state index in [1.165, 1.54) is 0 Å². The normalized spacial score (nSPS) is 11.0. The molecule has 0 atom stereocenters. The molecule has 5 heteroatoms. The van der Waals surface area contributed by atoms with Gasteiger partial charge in [-0.05, 0) is 29.0 Å². The summed E-state index contributed by atoms with van der Waals surface area (Å²) in [6.07, 6.45) is 0.591. The van der Waals surface area contributed by atoms with E-state index in [0.29, 0.717) is 23.5 Å². The Bertz CT molecular complexity index is 816. The number of aryl methyl sites for hydroxylation is 1.